The molecule has 0 aromatic heterocycles. The van der Waals surface area contributed by atoms with Crippen LogP contribution in [0.5, 0.6) is 0 Å². The maximum absolute atomic E-state index is 11.8. The van der Waals surface area contributed by atoms with Crippen LogP contribution < -0.4 is 0 Å². The summed E-state index contributed by atoms with van der Waals surface area (Å²) in [5, 5.41) is 10.4. The fraction of sp³-hybridized carbons (Fsp3) is 0.562. The zero-order valence-electron chi connectivity index (χ0n) is 11.4. The van der Waals surface area contributed by atoms with Gasteiger partial charge in [0.15, 0.2) is 0 Å². The molecule has 2 nitrogen and oxygen atoms in total. The third-order valence-electron chi connectivity index (χ3n) is 4.25. The molecule has 0 aliphatic heterocycles. The number of rotatable bonds is 3. The van der Waals surface area contributed by atoms with Crippen molar-refractivity contribution in [3.8, 4) is 0 Å². The van der Waals surface area contributed by atoms with E-state index in [-0.39, 0.29) is 0 Å². The lowest BCUT2D eigenvalue weighted by Gasteiger charge is -2.28. The van der Waals surface area contributed by atoms with Crippen LogP contribution in [0.1, 0.15) is 49.7 Å². The van der Waals surface area contributed by atoms with Crippen LogP contribution in [0.4, 0.5) is 0 Å². The molecule has 104 valence electrons. The Morgan fingerprint density at radius 2 is 1.89 bits per heavy atom. The smallest absolute Gasteiger partial charge is 0.309 e. The number of aliphatic carboxylic acids is 1. The summed E-state index contributed by atoms with van der Waals surface area (Å²) in [6.45, 7) is 1.99. The standard InChI is InChI=1S/C16H21ClO2/c1-12-6-7-13(14(17)10-12)11-16(15(18)19)8-4-2-3-5-9-16/h6-7,10H,2-5,8-9,11H2,1H3,(H,18,19). The Bertz CT molecular complexity index is 460. The molecule has 0 bridgehead atoms. The van der Waals surface area contributed by atoms with Crippen LogP contribution in [0.3, 0.4) is 0 Å². The molecule has 1 saturated carbocycles. The number of benzene rings is 1. The SMILES string of the molecule is Cc1ccc(CC2(C(=O)O)CCCCCC2)c(Cl)c1. The Balaban J connectivity index is 2.27. The van der Waals surface area contributed by atoms with Crippen molar-refractivity contribution in [1.29, 1.82) is 0 Å². The van der Waals surface area contributed by atoms with Gasteiger partial charge in [-0.25, -0.2) is 0 Å². The first-order valence-corrected chi connectivity index (χ1v) is 7.40. The lowest BCUT2D eigenvalue weighted by atomic mass is 9.75. The van der Waals surface area contributed by atoms with Crippen LogP contribution in [-0.2, 0) is 11.2 Å². The average Bonchev–Trinajstić information content (AvgIpc) is 2.59. The number of halogens is 1. The third kappa shape index (κ3) is 3.30. The molecule has 0 amide bonds. The fourth-order valence-electron chi connectivity index (χ4n) is 3.03. The van der Waals surface area contributed by atoms with Gasteiger partial charge in [-0.2, -0.15) is 0 Å². The number of hydrogen-bond acceptors (Lipinski definition) is 1. The van der Waals surface area contributed by atoms with E-state index in [9.17, 15) is 9.90 Å². The van der Waals surface area contributed by atoms with Crippen molar-refractivity contribution < 1.29 is 9.90 Å². The molecule has 1 fully saturated rings. The summed E-state index contributed by atoms with van der Waals surface area (Å²) in [4.78, 5) is 11.8. The van der Waals surface area contributed by atoms with E-state index in [2.05, 4.69) is 0 Å². The summed E-state index contributed by atoms with van der Waals surface area (Å²) in [7, 11) is 0. The molecule has 19 heavy (non-hydrogen) atoms. The molecule has 1 aromatic rings. The summed E-state index contributed by atoms with van der Waals surface area (Å²) in [5.41, 5.74) is 1.46. The highest BCUT2D eigenvalue weighted by molar-refractivity contribution is 6.31. The van der Waals surface area contributed by atoms with Crippen LogP contribution in [0.2, 0.25) is 5.02 Å². The number of carbonyl (C=O) groups is 1. The van der Waals surface area contributed by atoms with Crippen LogP contribution in [0.25, 0.3) is 0 Å². The van der Waals surface area contributed by atoms with Crippen LogP contribution in [0, 0.1) is 12.3 Å². The minimum absolute atomic E-state index is 0.557. The van der Waals surface area contributed by atoms with E-state index < -0.39 is 11.4 Å². The van der Waals surface area contributed by atoms with Crippen molar-refractivity contribution in [2.24, 2.45) is 5.41 Å². The van der Waals surface area contributed by atoms with Gasteiger partial charge in [0.2, 0.25) is 0 Å². The van der Waals surface area contributed by atoms with E-state index in [0.717, 1.165) is 49.7 Å². The fourth-order valence-corrected chi connectivity index (χ4v) is 3.33. The van der Waals surface area contributed by atoms with Crippen molar-refractivity contribution in [3.05, 3.63) is 34.3 Å². The molecule has 1 aromatic carbocycles. The lowest BCUT2D eigenvalue weighted by Crippen LogP contribution is -2.33. The van der Waals surface area contributed by atoms with Crippen molar-refractivity contribution in [1.82, 2.24) is 0 Å². The molecule has 1 aliphatic rings. The van der Waals surface area contributed by atoms with Crippen LogP contribution in [0.15, 0.2) is 18.2 Å². The minimum atomic E-state index is -0.661. The second-order valence-electron chi connectivity index (χ2n) is 5.77. The molecule has 0 atom stereocenters. The Morgan fingerprint density at radius 3 is 2.42 bits per heavy atom. The molecule has 1 aliphatic carbocycles. The Kier molecular flexibility index (Phi) is 4.51. The van der Waals surface area contributed by atoms with Gasteiger partial charge in [0, 0.05) is 5.02 Å². The highest BCUT2D eigenvalue weighted by Gasteiger charge is 2.39. The molecule has 0 spiro atoms. The molecule has 0 unspecified atom stereocenters. The monoisotopic (exact) mass is 280 g/mol. The average molecular weight is 281 g/mol. The topological polar surface area (TPSA) is 37.3 Å². The van der Waals surface area contributed by atoms with Crippen LogP contribution >= 0.6 is 11.6 Å². The Morgan fingerprint density at radius 1 is 1.26 bits per heavy atom. The minimum Gasteiger partial charge on any atom is -0.481 e. The quantitative estimate of drug-likeness (QED) is 0.821. The molecule has 2 rings (SSSR count). The van der Waals surface area contributed by atoms with Gasteiger partial charge < -0.3 is 5.11 Å². The van der Waals surface area contributed by atoms with Gasteiger partial charge >= 0.3 is 5.97 Å². The van der Waals surface area contributed by atoms with E-state index in [1.54, 1.807) is 0 Å². The molecule has 0 radical (unpaired) electrons. The molecular formula is C16H21ClO2. The zero-order chi connectivity index (χ0) is 13.9. The first kappa shape index (κ1) is 14.4. The van der Waals surface area contributed by atoms with E-state index in [1.807, 2.05) is 25.1 Å². The zero-order valence-corrected chi connectivity index (χ0v) is 12.2. The second kappa shape index (κ2) is 5.96. The normalized spacial score (nSPS) is 18.8. The molecule has 1 N–H and O–H groups in total. The van der Waals surface area contributed by atoms with Gasteiger partial charge in [-0.05, 0) is 43.4 Å². The number of aryl methyl sites for hydroxylation is 1. The van der Waals surface area contributed by atoms with Gasteiger partial charge in [0.05, 0.1) is 5.41 Å². The first-order valence-electron chi connectivity index (χ1n) is 7.02. The van der Waals surface area contributed by atoms with Gasteiger partial charge in [0.1, 0.15) is 0 Å². The van der Waals surface area contributed by atoms with Gasteiger partial charge in [0.25, 0.3) is 0 Å². The summed E-state index contributed by atoms with van der Waals surface area (Å²) in [6.07, 6.45) is 6.42. The summed E-state index contributed by atoms with van der Waals surface area (Å²) >= 11 is 6.26. The summed E-state index contributed by atoms with van der Waals surface area (Å²) < 4.78 is 0. The third-order valence-corrected chi connectivity index (χ3v) is 4.60. The van der Waals surface area contributed by atoms with Crippen molar-refractivity contribution >= 4 is 17.6 Å². The van der Waals surface area contributed by atoms with Gasteiger partial charge in [-0.15, -0.1) is 0 Å². The van der Waals surface area contributed by atoms with E-state index in [4.69, 9.17) is 11.6 Å². The lowest BCUT2D eigenvalue weighted by molar-refractivity contribution is -0.149. The molecule has 0 heterocycles. The van der Waals surface area contributed by atoms with Gasteiger partial charge in [-0.3, -0.25) is 4.79 Å². The second-order valence-corrected chi connectivity index (χ2v) is 6.18. The van der Waals surface area contributed by atoms with E-state index >= 15 is 0 Å². The summed E-state index contributed by atoms with van der Waals surface area (Å²) in [6, 6.07) is 5.91. The maximum Gasteiger partial charge on any atom is 0.309 e. The van der Waals surface area contributed by atoms with Crippen molar-refractivity contribution in [3.63, 3.8) is 0 Å². The van der Waals surface area contributed by atoms with Crippen LogP contribution in [-0.4, -0.2) is 11.1 Å². The predicted octanol–water partition coefficient (Wildman–Crippen LogP) is 4.62. The Hall–Kier alpha value is -1.02. The predicted molar refractivity (Wildman–Crippen MR) is 77.7 cm³/mol. The van der Waals surface area contributed by atoms with E-state index in [1.165, 1.54) is 0 Å². The number of carboxylic acid groups (broad SMARTS) is 1. The maximum atomic E-state index is 11.8. The first-order chi connectivity index (χ1) is 9.03. The number of hydrogen-bond donors (Lipinski definition) is 1. The molecule has 0 saturated heterocycles. The Labute approximate surface area is 119 Å². The molecular weight excluding hydrogens is 260 g/mol. The van der Waals surface area contributed by atoms with Gasteiger partial charge in [-0.1, -0.05) is 49.4 Å². The van der Waals surface area contributed by atoms with Crippen molar-refractivity contribution in [2.75, 3.05) is 0 Å². The highest BCUT2D eigenvalue weighted by atomic mass is 35.5. The highest BCUT2D eigenvalue weighted by Crippen LogP contribution is 2.39. The van der Waals surface area contributed by atoms with E-state index in [0.29, 0.717) is 11.4 Å². The summed E-state index contributed by atoms with van der Waals surface area (Å²) in [5.74, 6) is -0.661. The molecule has 3 heteroatoms. The largest absolute Gasteiger partial charge is 0.481 e. The van der Waals surface area contributed by atoms with Crippen molar-refractivity contribution in [2.45, 2.75) is 51.9 Å². The number of carboxylic acids is 1.